The van der Waals surface area contributed by atoms with Crippen LogP contribution in [-0.2, 0) is 13.6 Å². The lowest BCUT2D eigenvalue weighted by Crippen LogP contribution is -2.36. The van der Waals surface area contributed by atoms with Crippen LogP contribution in [0, 0.1) is 0 Å². The molecule has 0 aliphatic rings. The van der Waals surface area contributed by atoms with Gasteiger partial charge in [0.2, 0.25) is 0 Å². The minimum absolute atomic E-state index is 0.196. The molecule has 4 rings (SSSR count). The van der Waals surface area contributed by atoms with Gasteiger partial charge in [0.25, 0.3) is 0 Å². The lowest BCUT2D eigenvalue weighted by atomic mass is 10.2. The number of aromatic nitrogens is 3. The quantitative estimate of drug-likeness (QED) is 0.551. The number of carbonyl (C=O) groups is 1. The lowest BCUT2D eigenvalue weighted by Gasteiger charge is -2.23. The van der Waals surface area contributed by atoms with Crippen molar-refractivity contribution in [2.24, 2.45) is 7.05 Å². The molecule has 2 amide bonds. The Kier molecular flexibility index (Phi) is 5.33. The summed E-state index contributed by atoms with van der Waals surface area (Å²) in [7, 11) is 1.87. The first-order valence-corrected chi connectivity index (χ1v) is 9.33. The first kappa shape index (κ1) is 18.4. The molecule has 29 heavy (non-hydrogen) atoms. The van der Waals surface area contributed by atoms with Crippen LogP contribution in [-0.4, -0.2) is 20.8 Å². The molecule has 144 valence electrons. The number of hydrogen-bond donors (Lipinski definition) is 1. The zero-order chi connectivity index (χ0) is 20.1. The highest BCUT2D eigenvalue weighted by Gasteiger charge is 2.17. The van der Waals surface area contributed by atoms with Crippen molar-refractivity contribution < 1.29 is 4.79 Å². The molecule has 0 bridgehead atoms. The second-order valence-corrected chi connectivity index (χ2v) is 6.62. The zero-order valence-electron chi connectivity index (χ0n) is 16.1. The third kappa shape index (κ3) is 4.32. The Morgan fingerprint density at radius 3 is 2.10 bits per heavy atom. The molecule has 6 nitrogen and oxygen atoms in total. The molecule has 2 heterocycles. The topological polar surface area (TPSA) is 63.1 Å². The molecular weight excluding hydrogens is 362 g/mol. The maximum atomic E-state index is 13.0. The minimum Gasteiger partial charge on any atom is -0.333 e. The second kappa shape index (κ2) is 8.39. The highest BCUT2D eigenvalue weighted by molar-refractivity contribution is 5.99. The first-order chi connectivity index (χ1) is 14.2. The van der Waals surface area contributed by atoms with Crippen molar-refractivity contribution in [3.8, 4) is 11.3 Å². The summed E-state index contributed by atoms with van der Waals surface area (Å²) in [6, 6.07) is 22.9. The van der Waals surface area contributed by atoms with Gasteiger partial charge in [-0.1, -0.05) is 42.5 Å². The van der Waals surface area contributed by atoms with Gasteiger partial charge >= 0.3 is 6.03 Å². The molecule has 2 aromatic heterocycles. The van der Waals surface area contributed by atoms with Crippen molar-refractivity contribution in [1.29, 1.82) is 0 Å². The third-order valence-electron chi connectivity index (χ3n) is 4.50. The SMILES string of the molecule is Cn1cc(-c2ccc(CNC(=O)N(c3ccccc3)c3ccccc3)cn2)cn1. The van der Waals surface area contributed by atoms with Crippen molar-refractivity contribution in [3.05, 3.63) is 97.0 Å². The summed E-state index contributed by atoms with van der Waals surface area (Å²) in [5.41, 5.74) is 4.35. The number of urea groups is 1. The smallest absolute Gasteiger partial charge is 0.326 e. The van der Waals surface area contributed by atoms with Crippen LogP contribution >= 0.6 is 0 Å². The van der Waals surface area contributed by atoms with E-state index in [9.17, 15) is 4.79 Å². The maximum absolute atomic E-state index is 13.0. The Labute approximate surface area is 169 Å². The van der Waals surface area contributed by atoms with E-state index in [1.165, 1.54) is 0 Å². The predicted molar refractivity (Wildman–Crippen MR) is 114 cm³/mol. The van der Waals surface area contributed by atoms with E-state index in [1.807, 2.05) is 86.0 Å². The van der Waals surface area contributed by atoms with Crippen LogP contribution < -0.4 is 10.2 Å². The summed E-state index contributed by atoms with van der Waals surface area (Å²) < 4.78 is 1.74. The average molecular weight is 383 g/mol. The molecule has 0 aliphatic carbocycles. The van der Waals surface area contributed by atoms with Crippen LogP contribution in [0.5, 0.6) is 0 Å². The van der Waals surface area contributed by atoms with Crippen molar-refractivity contribution in [2.75, 3.05) is 4.90 Å². The van der Waals surface area contributed by atoms with E-state index < -0.39 is 0 Å². The standard InChI is InChI=1S/C23H21N5O/c1-27-17-19(16-26-27)22-13-12-18(14-24-22)15-25-23(29)28(20-8-4-2-5-9-20)21-10-6-3-7-11-21/h2-14,16-17H,15H2,1H3,(H,25,29). The minimum atomic E-state index is -0.196. The molecule has 4 aromatic rings. The van der Waals surface area contributed by atoms with Gasteiger partial charge in [-0.25, -0.2) is 4.79 Å². The number of amides is 2. The molecule has 0 aliphatic heterocycles. The molecule has 6 heteroatoms. The molecule has 0 saturated carbocycles. The Balaban J connectivity index is 1.48. The van der Waals surface area contributed by atoms with Gasteiger partial charge in [0.15, 0.2) is 0 Å². The third-order valence-corrected chi connectivity index (χ3v) is 4.50. The van der Waals surface area contributed by atoms with Crippen LogP contribution in [0.15, 0.2) is 91.4 Å². The Hall–Kier alpha value is -3.93. The van der Waals surface area contributed by atoms with Crippen molar-refractivity contribution in [1.82, 2.24) is 20.1 Å². The largest absolute Gasteiger partial charge is 0.333 e. The zero-order valence-corrected chi connectivity index (χ0v) is 16.1. The lowest BCUT2D eigenvalue weighted by molar-refractivity contribution is 0.248. The summed E-state index contributed by atoms with van der Waals surface area (Å²) in [4.78, 5) is 19.1. The van der Waals surface area contributed by atoms with Crippen LogP contribution in [0.2, 0.25) is 0 Å². The molecule has 0 radical (unpaired) electrons. The number of aryl methyl sites for hydroxylation is 1. The van der Waals surface area contributed by atoms with E-state index in [2.05, 4.69) is 15.4 Å². The van der Waals surface area contributed by atoms with E-state index in [-0.39, 0.29) is 6.03 Å². The maximum Gasteiger partial charge on any atom is 0.326 e. The number of anilines is 2. The molecule has 0 atom stereocenters. The van der Waals surface area contributed by atoms with Gasteiger partial charge in [-0.15, -0.1) is 0 Å². The monoisotopic (exact) mass is 383 g/mol. The Morgan fingerprint density at radius 1 is 0.931 bits per heavy atom. The molecule has 1 N–H and O–H groups in total. The van der Waals surface area contributed by atoms with Gasteiger partial charge in [0, 0.05) is 31.5 Å². The average Bonchev–Trinajstić information content (AvgIpc) is 3.21. The summed E-state index contributed by atoms with van der Waals surface area (Å²) in [5.74, 6) is 0. The summed E-state index contributed by atoms with van der Waals surface area (Å²) in [6.45, 7) is 0.384. The number of benzene rings is 2. The van der Waals surface area contributed by atoms with E-state index >= 15 is 0 Å². The van der Waals surface area contributed by atoms with Gasteiger partial charge in [-0.3, -0.25) is 14.6 Å². The fourth-order valence-electron chi connectivity index (χ4n) is 3.05. The highest BCUT2D eigenvalue weighted by Crippen LogP contribution is 2.25. The molecule has 2 aromatic carbocycles. The van der Waals surface area contributed by atoms with E-state index in [0.29, 0.717) is 6.54 Å². The number of hydrogen-bond acceptors (Lipinski definition) is 3. The molecular formula is C23H21N5O. The van der Waals surface area contributed by atoms with Gasteiger partial charge in [-0.2, -0.15) is 5.10 Å². The van der Waals surface area contributed by atoms with Gasteiger partial charge < -0.3 is 5.32 Å². The normalized spacial score (nSPS) is 10.5. The van der Waals surface area contributed by atoms with Crippen LogP contribution in [0.1, 0.15) is 5.56 Å². The van der Waals surface area contributed by atoms with Crippen LogP contribution in [0.3, 0.4) is 0 Å². The second-order valence-electron chi connectivity index (χ2n) is 6.62. The number of para-hydroxylation sites is 2. The number of nitrogens with one attached hydrogen (secondary N) is 1. The van der Waals surface area contributed by atoms with Crippen molar-refractivity contribution in [3.63, 3.8) is 0 Å². The van der Waals surface area contributed by atoms with Gasteiger partial charge in [0.05, 0.1) is 23.3 Å². The Morgan fingerprint density at radius 2 is 1.59 bits per heavy atom. The van der Waals surface area contributed by atoms with Crippen LogP contribution in [0.25, 0.3) is 11.3 Å². The van der Waals surface area contributed by atoms with E-state index in [1.54, 1.807) is 22.0 Å². The molecule has 0 unspecified atom stereocenters. The highest BCUT2D eigenvalue weighted by atomic mass is 16.2. The van der Waals surface area contributed by atoms with Crippen molar-refractivity contribution >= 4 is 17.4 Å². The van der Waals surface area contributed by atoms with E-state index in [4.69, 9.17) is 0 Å². The van der Waals surface area contributed by atoms with Gasteiger partial charge in [0.1, 0.15) is 0 Å². The van der Waals surface area contributed by atoms with Crippen LogP contribution in [0.4, 0.5) is 16.2 Å². The van der Waals surface area contributed by atoms with Gasteiger partial charge in [-0.05, 0) is 35.9 Å². The number of pyridine rings is 1. The first-order valence-electron chi connectivity index (χ1n) is 9.33. The summed E-state index contributed by atoms with van der Waals surface area (Å²) >= 11 is 0. The molecule has 0 saturated heterocycles. The number of nitrogens with zero attached hydrogens (tertiary/aromatic N) is 4. The predicted octanol–water partition coefficient (Wildman–Crippen LogP) is 4.53. The van der Waals surface area contributed by atoms with E-state index in [0.717, 1.165) is 28.2 Å². The van der Waals surface area contributed by atoms with Crippen molar-refractivity contribution in [2.45, 2.75) is 6.54 Å². The summed E-state index contributed by atoms with van der Waals surface area (Å²) in [6.07, 6.45) is 5.47. The molecule has 0 fully saturated rings. The molecule has 0 spiro atoms. The fraction of sp³-hybridized carbons (Fsp3) is 0.0870. The number of carbonyl (C=O) groups excluding carboxylic acids is 1. The summed E-state index contributed by atoms with van der Waals surface area (Å²) in [5, 5.41) is 7.16. The fourth-order valence-corrected chi connectivity index (χ4v) is 3.05. The number of rotatable bonds is 5. The Bertz CT molecular complexity index is 1040.